The van der Waals surface area contributed by atoms with Crippen molar-refractivity contribution >= 4 is 11.4 Å². The topological polar surface area (TPSA) is 58.3 Å². The molecule has 0 bridgehead atoms. The second-order valence-corrected chi connectivity index (χ2v) is 5.95. The number of halogens is 1. The van der Waals surface area contributed by atoms with Crippen molar-refractivity contribution in [2.24, 2.45) is 5.92 Å². The maximum absolute atomic E-state index is 13.3. The highest BCUT2D eigenvalue weighted by atomic mass is 19.1. The Balaban J connectivity index is 2.01. The van der Waals surface area contributed by atoms with E-state index in [-0.39, 0.29) is 5.82 Å². The molecule has 4 N–H and O–H groups in total. The van der Waals surface area contributed by atoms with E-state index in [1.165, 1.54) is 6.07 Å². The molecule has 0 aliphatic heterocycles. The lowest BCUT2D eigenvalue weighted by molar-refractivity contribution is 0.00502. The molecule has 1 aromatic rings. The van der Waals surface area contributed by atoms with Crippen LogP contribution in [0.5, 0.6) is 0 Å². The van der Waals surface area contributed by atoms with Crippen LogP contribution in [0.3, 0.4) is 0 Å². The van der Waals surface area contributed by atoms with E-state index in [9.17, 15) is 9.50 Å². The van der Waals surface area contributed by atoms with E-state index >= 15 is 0 Å². The highest BCUT2D eigenvalue weighted by Gasteiger charge is 2.31. The smallest absolute Gasteiger partial charge is 0.128 e. The Hall–Kier alpha value is -1.29. The van der Waals surface area contributed by atoms with Gasteiger partial charge in [0.1, 0.15) is 5.82 Å². The van der Waals surface area contributed by atoms with Crippen LogP contribution < -0.4 is 11.1 Å². The number of aryl methyl sites for hydroxylation is 1. The van der Waals surface area contributed by atoms with Gasteiger partial charge in [-0.05, 0) is 56.2 Å². The zero-order valence-corrected chi connectivity index (χ0v) is 11.7. The van der Waals surface area contributed by atoms with Crippen molar-refractivity contribution in [1.29, 1.82) is 0 Å². The molecule has 3 nitrogen and oxygen atoms in total. The molecule has 106 valence electrons. The van der Waals surface area contributed by atoms with Gasteiger partial charge in [-0.25, -0.2) is 4.39 Å². The van der Waals surface area contributed by atoms with Crippen molar-refractivity contribution in [2.75, 3.05) is 17.6 Å². The number of hydrogen-bond acceptors (Lipinski definition) is 3. The van der Waals surface area contributed by atoms with Crippen LogP contribution in [-0.4, -0.2) is 17.3 Å². The van der Waals surface area contributed by atoms with Gasteiger partial charge in [0.2, 0.25) is 0 Å². The number of hydrogen-bond donors (Lipinski definition) is 3. The third-order valence-electron chi connectivity index (χ3n) is 4.14. The van der Waals surface area contributed by atoms with Gasteiger partial charge in [0, 0.05) is 6.54 Å². The summed E-state index contributed by atoms with van der Waals surface area (Å²) in [5, 5.41) is 13.7. The molecule has 1 aromatic carbocycles. The molecule has 2 rings (SSSR count). The average Bonchev–Trinajstić information content (AvgIpc) is 2.36. The molecule has 1 aliphatic carbocycles. The molecule has 0 radical (unpaired) electrons. The van der Waals surface area contributed by atoms with Crippen molar-refractivity contribution in [3.05, 3.63) is 23.5 Å². The summed E-state index contributed by atoms with van der Waals surface area (Å²) in [5.41, 5.74) is 6.76. The Morgan fingerprint density at radius 1 is 1.42 bits per heavy atom. The van der Waals surface area contributed by atoms with Gasteiger partial charge in [0.05, 0.1) is 17.0 Å². The van der Waals surface area contributed by atoms with Crippen LogP contribution in [0.4, 0.5) is 15.8 Å². The lowest BCUT2D eigenvalue weighted by Gasteiger charge is -2.35. The molecule has 0 heterocycles. The molecule has 19 heavy (non-hydrogen) atoms. The number of nitrogens with one attached hydrogen (secondary N) is 1. The van der Waals surface area contributed by atoms with Crippen LogP contribution in [0, 0.1) is 18.7 Å². The van der Waals surface area contributed by atoms with Crippen molar-refractivity contribution < 1.29 is 9.50 Å². The molecule has 1 saturated carbocycles. The van der Waals surface area contributed by atoms with Crippen molar-refractivity contribution in [3.63, 3.8) is 0 Å². The summed E-state index contributed by atoms with van der Waals surface area (Å²) in [7, 11) is 0. The number of nitrogen functional groups attached to an aromatic ring is 1. The van der Waals surface area contributed by atoms with Gasteiger partial charge in [-0.1, -0.05) is 6.92 Å². The predicted octanol–water partition coefficient (Wildman–Crippen LogP) is 3.07. The maximum atomic E-state index is 13.3. The van der Waals surface area contributed by atoms with E-state index in [1.54, 1.807) is 13.0 Å². The molecular formula is C15H23FN2O. The molecule has 1 aliphatic rings. The number of benzene rings is 1. The lowest BCUT2D eigenvalue weighted by atomic mass is 9.79. The Bertz CT molecular complexity index is 454. The van der Waals surface area contributed by atoms with Crippen molar-refractivity contribution in [3.8, 4) is 0 Å². The molecule has 0 saturated heterocycles. The minimum atomic E-state index is -0.665. The largest absolute Gasteiger partial charge is 0.397 e. The van der Waals surface area contributed by atoms with Crippen molar-refractivity contribution in [2.45, 2.75) is 45.1 Å². The highest BCUT2D eigenvalue weighted by Crippen LogP contribution is 2.32. The molecule has 0 amide bonds. The number of aliphatic hydroxyl groups is 1. The van der Waals surface area contributed by atoms with E-state index < -0.39 is 5.60 Å². The number of rotatable bonds is 3. The molecular weight excluding hydrogens is 243 g/mol. The van der Waals surface area contributed by atoms with E-state index in [2.05, 4.69) is 12.2 Å². The van der Waals surface area contributed by atoms with Gasteiger partial charge in [-0.2, -0.15) is 0 Å². The fourth-order valence-corrected chi connectivity index (χ4v) is 2.59. The maximum Gasteiger partial charge on any atom is 0.128 e. The summed E-state index contributed by atoms with van der Waals surface area (Å²) in [6.07, 6.45) is 3.72. The minimum Gasteiger partial charge on any atom is -0.397 e. The summed E-state index contributed by atoms with van der Waals surface area (Å²) < 4.78 is 13.3. The summed E-state index contributed by atoms with van der Waals surface area (Å²) in [4.78, 5) is 0. The quantitative estimate of drug-likeness (QED) is 0.737. The predicted molar refractivity (Wildman–Crippen MR) is 76.6 cm³/mol. The van der Waals surface area contributed by atoms with Crippen LogP contribution in [0.15, 0.2) is 12.1 Å². The third-order valence-corrected chi connectivity index (χ3v) is 4.14. The van der Waals surface area contributed by atoms with E-state index in [0.29, 0.717) is 29.4 Å². The Morgan fingerprint density at radius 3 is 2.68 bits per heavy atom. The molecule has 0 aromatic heterocycles. The first-order valence-corrected chi connectivity index (χ1v) is 6.91. The molecule has 0 atom stereocenters. The van der Waals surface area contributed by atoms with Crippen molar-refractivity contribution in [1.82, 2.24) is 0 Å². The van der Waals surface area contributed by atoms with Gasteiger partial charge in [0.15, 0.2) is 0 Å². The standard InChI is InChI=1S/C15H23FN2O/c1-10-3-5-15(19,6-4-10)9-18-14-7-11(2)12(16)8-13(14)17/h7-8,10,18-19H,3-6,9,17H2,1-2H3. The SMILES string of the molecule is Cc1cc(NCC2(O)CCC(C)CC2)c(N)cc1F. The van der Waals surface area contributed by atoms with E-state index in [0.717, 1.165) is 25.7 Å². The first-order chi connectivity index (χ1) is 8.89. The third kappa shape index (κ3) is 3.38. The summed E-state index contributed by atoms with van der Waals surface area (Å²) in [5.74, 6) is 0.395. The summed E-state index contributed by atoms with van der Waals surface area (Å²) >= 11 is 0. The van der Waals surface area contributed by atoms with Gasteiger partial charge < -0.3 is 16.2 Å². The first kappa shape index (κ1) is 14.1. The lowest BCUT2D eigenvalue weighted by Crippen LogP contribution is -2.40. The molecule has 4 heteroatoms. The summed E-state index contributed by atoms with van der Waals surface area (Å²) in [6.45, 7) is 4.39. The molecule has 1 fully saturated rings. The van der Waals surface area contributed by atoms with E-state index in [4.69, 9.17) is 5.73 Å². The van der Waals surface area contributed by atoms with E-state index in [1.807, 2.05) is 0 Å². The summed E-state index contributed by atoms with van der Waals surface area (Å²) in [6, 6.07) is 3.02. The van der Waals surface area contributed by atoms with Crippen LogP contribution in [0.1, 0.15) is 38.2 Å². The Morgan fingerprint density at radius 2 is 2.05 bits per heavy atom. The first-order valence-electron chi connectivity index (χ1n) is 6.91. The van der Waals surface area contributed by atoms with Crippen LogP contribution in [-0.2, 0) is 0 Å². The van der Waals surface area contributed by atoms with Gasteiger partial charge in [-0.15, -0.1) is 0 Å². The second-order valence-electron chi connectivity index (χ2n) is 5.95. The number of nitrogens with two attached hydrogens (primary N) is 1. The average molecular weight is 266 g/mol. The molecule has 0 spiro atoms. The van der Waals surface area contributed by atoms with Crippen LogP contribution in [0.25, 0.3) is 0 Å². The zero-order valence-electron chi connectivity index (χ0n) is 11.7. The normalized spacial score (nSPS) is 27.3. The Labute approximate surface area is 114 Å². The second kappa shape index (κ2) is 5.37. The zero-order chi connectivity index (χ0) is 14.0. The van der Waals surface area contributed by atoms with Gasteiger partial charge in [-0.3, -0.25) is 0 Å². The highest BCUT2D eigenvalue weighted by molar-refractivity contribution is 5.67. The minimum absolute atomic E-state index is 0.298. The number of anilines is 2. The van der Waals surface area contributed by atoms with Crippen LogP contribution >= 0.6 is 0 Å². The molecule has 0 unspecified atom stereocenters. The fourth-order valence-electron chi connectivity index (χ4n) is 2.59. The fraction of sp³-hybridized carbons (Fsp3) is 0.600. The van der Waals surface area contributed by atoms with Crippen LogP contribution in [0.2, 0.25) is 0 Å². The monoisotopic (exact) mass is 266 g/mol. The van der Waals surface area contributed by atoms with Gasteiger partial charge >= 0.3 is 0 Å². The van der Waals surface area contributed by atoms with Gasteiger partial charge in [0.25, 0.3) is 0 Å². The Kier molecular flexibility index (Phi) is 3.99.